The largest absolute Gasteiger partial charge is 0.391 e. The molecule has 1 saturated carbocycles. The van der Waals surface area contributed by atoms with Crippen LogP contribution in [-0.2, 0) is 0 Å². The Bertz CT molecular complexity index is 1180. The first-order chi connectivity index (χ1) is 15.5. The van der Waals surface area contributed by atoms with Crippen LogP contribution in [0.5, 0.6) is 0 Å². The highest BCUT2D eigenvalue weighted by Crippen LogP contribution is 2.20. The molecule has 0 saturated heterocycles. The van der Waals surface area contributed by atoms with Gasteiger partial charge in [0.2, 0.25) is 0 Å². The molecular formula is C26H24FN3O2. The van der Waals surface area contributed by atoms with Crippen molar-refractivity contribution in [3.63, 3.8) is 0 Å². The van der Waals surface area contributed by atoms with Crippen LogP contribution in [0.4, 0.5) is 4.39 Å². The molecule has 1 fully saturated rings. The third-order valence-corrected chi connectivity index (χ3v) is 5.65. The maximum absolute atomic E-state index is 13.2. The maximum atomic E-state index is 13.2. The van der Waals surface area contributed by atoms with Gasteiger partial charge in [0, 0.05) is 16.7 Å². The van der Waals surface area contributed by atoms with E-state index in [1.807, 2.05) is 13.0 Å². The molecule has 0 unspecified atom stereocenters. The smallest absolute Gasteiger partial charge is 0.251 e. The molecule has 0 aliphatic heterocycles. The molecule has 2 atom stereocenters. The lowest BCUT2D eigenvalue weighted by atomic mass is 9.92. The second-order valence-electron chi connectivity index (χ2n) is 8.01. The number of nitrogens with one attached hydrogen (secondary N) is 1. The summed E-state index contributed by atoms with van der Waals surface area (Å²) in [7, 11) is 0. The number of hydrogen-bond acceptors (Lipinski definition) is 4. The lowest BCUT2D eigenvalue weighted by Gasteiger charge is -2.28. The van der Waals surface area contributed by atoms with E-state index in [0.717, 1.165) is 36.0 Å². The first-order valence-corrected chi connectivity index (χ1v) is 10.7. The van der Waals surface area contributed by atoms with Crippen LogP contribution in [0.3, 0.4) is 0 Å². The summed E-state index contributed by atoms with van der Waals surface area (Å²) >= 11 is 0. The second kappa shape index (κ2) is 9.71. The molecule has 1 aliphatic rings. The van der Waals surface area contributed by atoms with Gasteiger partial charge in [0.05, 0.1) is 30.2 Å². The van der Waals surface area contributed by atoms with Crippen molar-refractivity contribution in [1.29, 1.82) is 0 Å². The van der Waals surface area contributed by atoms with E-state index >= 15 is 0 Å². The van der Waals surface area contributed by atoms with Crippen molar-refractivity contribution >= 4 is 5.91 Å². The van der Waals surface area contributed by atoms with Gasteiger partial charge in [-0.25, -0.2) is 9.37 Å². The van der Waals surface area contributed by atoms with Crippen LogP contribution in [0.15, 0.2) is 54.9 Å². The number of aliphatic hydroxyl groups excluding tert-OH is 1. The number of aliphatic hydroxyl groups is 1. The fraction of sp³-hybridized carbons (Fsp3) is 0.269. The monoisotopic (exact) mass is 429 g/mol. The number of carbonyl (C=O) groups is 1. The summed E-state index contributed by atoms with van der Waals surface area (Å²) in [5.41, 5.74) is 4.00. The van der Waals surface area contributed by atoms with Gasteiger partial charge in [0.25, 0.3) is 5.91 Å². The Hall–Kier alpha value is -3.56. The molecule has 1 aromatic heterocycles. The van der Waals surface area contributed by atoms with Gasteiger partial charge in [-0.2, -0.15) is 0 Å². The number of nitrogens with zero attached hydrogens (tertiary/aromatic N) is 2. The molecule has 0 spiro atoms. The van der Waals surface area contributed by atoms with E-state index in [0.29, 0.717) is 23.4 Å². The van der Waals surface area contributed by atoms with E-state index in [-0.39, 0.29) is 17.8 Å². The van der Waals surface area contributed by atoms with Gasteiger partial charge in [0.15, 0.2) is 0 Å². The Labute approximate surface area is 186 Å². The molecule has 0 radical (unpaired) electrons. The fourth-order valence-electron chi connectivity index (χ4n) is 3.75. The first kappa shape index (κ1) is 21.7. The predicted molar refractivity (Wildman–Crippen MR) is 120 cm³/mol. The summed E-state index contributed by atoms with van der Waals surface area (Å²) in [5, 5.41) is 13.1. The standard InChI is InChI=1S/C26H24FN3O2/c1-17-6-7-20(26(32)30-23-4-2-3-5-25(23)31)14-19(17)10-13-22-15-28-16-24(29-22)18-8-11-21(27)12-9-18/h6-9,11-12,14-16,23,25,31H,2-5H2,1H3,(H,30,32)/t23-,25-/m0/s1. The number of aromatic nitrogens is 2. The van der Waals surface area contributed by atoms with E-state index in [1.165, 1.54) is 12.1 Å². The van der Waals surface area contributed by atoms with Crippen molar-refractivity contribution in [1.82, 2.24) is 15.3 Å². The molecular weight excluding hydrogens is 405 g/mol. The molecule has 4 rings (SSSR count). The van der Waals surface area contributed by atoms with E-state index in [4.69, 9.17) is 0 Å². The van der Waals surface area contributed by atoms with Gasteiger partial charge in [-0.15, -0.1) is 0 Å². The summed E-state index contributed by atoms with van der Waals surface area (Å²) in [6.07, 6.45) is 6.17. The highest BCUT2D eigenvalue weighted by molar-refractivity contribution is 5.95. The Morgan fingerprint density at radius 2 is 1.88 bits per heavy atom. The van der Waals surface area contributed by atoms with Gasteiger partial charge >= 0.3 is 0 Å². The summed E-state index contributed by atoms with van der Waals surface area (Å²) < 4.78 is 13.2. The van der Waals surface area contributed by atoms with E-state index < -0.39 is 6.10 Å². The topological polar surface area (TPSA) is 75.1 Å². The third-order valence-electron chi connectivity index (χ3n) is 5.65. The molecule has 2 N–H and O–H groups in total. The highest BCUT2D eigenvalue weighted by Gasteiger charge is 2.24. The van der Waals surface area contributed by atoms with Gasteiger partial charge in [-0.3, -0.25) is 9.78 Å². The molecule has 1 aliphatic carbocycles. The van der Waals surface area contributed by atoms with Crippen LogP contribution in [0.1, 0.15) is 52.9 Å². The summed E-state index contributed by atoms with van der Waals surface area (Å²) in [4.78, 5) is 21.4. The highest BCUT2D eigenvalue weighted by atomic mass is 19.1. The average molecular weight is 429 g/mol. The van der Waals surface area contributed by atoms with Crippen LogP contribution >= 0.6 is 0 Å². The zero-order valence-corrected chi connectivity index (χ0v) is 17.8. The zero-order chi connectivity index (χ0) is 22.5. The zero-order valence-electron chi connectivity index (χ0n) is 17.8. The number of amides is 1. The summed E-state index contributed by atoms with van der Waals surface area (Å²) in [6, 6.07) is 11.2. The van der Waals surface area contributed by atoms with Crippen LogP contribution in [0.25, 0.3) is 11.3 Å². The minimum absolute atomic E-state index is 0.211. The Morgan fingerprint density at radius 1 is 1.09 bits per heavy atom. The molecule has 6 heteroatoms. The average Bonchev–Trinajstić information content (AvgIpc) is 2.80. The summed E-state index contributed by atoms with van der Waals surface area (Å²) in [6.45, 7) is 1.93. The van der Waals surface area contributed by atoms with E-state index in [1.54, 1.807) is 36.7 Å². The minimum Gasteiger partial charge on any atom is -0.391 e. The quantitative estimate of drug-likeness (QED) is 0.617. The fourth-order valence-corrected chi connectivity index (χ4v) is 3.75. The molecule has 1 heterocycles. The molecule has 0 bridgehead atoms. The Morgan fingerprint density at radius 3 is 2.66 bits per heavy atom. The molecule has 3 aromatic rings. The second-order valence-corrected chi connectivity index (χ2v) is 8.01. The van der Waals surface area contributed by atoms with Crippen molar-refractivity contribution < 1.29 is 14.3 Å². The molecule has 5 nitrogen and oxygen atoms in total. The molecule has 1 amide bonds. The Kier molecular flexibility index (Phi) is 6.58. The molecule has 162 valence electrons. The minimum atomic E-state index is -0.496. The normalized spacial score (nSPS) is 17.8. The number of rotatable bonds is 3. The van der Waals surface area contributed by atoms with Crippen LogP contribution < -0.4 is 5.32 Å². The van der Waals surface area contributed by atoms with Crippen molar-refractivity contribution in [2.75, 3.05) is 0 Å². The molecule has 32 heavy (non-hydrogen) atoms. The number of aryl methyl sites for hydroxylation is 1. The number of benzene rings is 2. The van der Waals surface area contributed by atoms with Crippen LogP contribution in [-0.4, -0.2) is 33.1 Å². The predicted octanol–water partition coefficient (Wildman–Crippen LogP) is 4.02. The van der Waals surface area contributed by atoms with Gasteiger partial charge in [-0.05, 0) is 67.6 Å². The first-order valence-electron chi connectivity index (χ1n) is 10.7. The van der Waals surface area contributed by atoms with E-state index in [9.17, 15) is 14.3 Å². The van der Waals surface area contributed by atoms with Crippen molar-refractivity contribution in [2.24, 2.45) is 0 Å². The van der Waals surface area contributed by atoms with Crippen molar-refractivity contribution in [3.8, 4) is 23.1 Å². The summed E-state index contributed by atoms with van der Waals surface area (Å²) in [5.74, 6) is 5.57. The lowest BCUT2D eigenvalue weighted by Crippen LogP contribution is -2.45. The SMILES string of the molecule is Cc1ccc(C(=O)N[C@H]2CCCC[C@@H]2O)cc1C#Cc1cncc(-c2ccc(F)cc2)n1. The third kappa shape index (κ3) is 5.19. The van der Waals surface area contributed by atoms with E-state index in [2.05, 4.69) is 27.1 Å². The van der Waals surface area contributed by atoms with Crippen molar-refractivity contribution in [2.45, 2.75) is 44.8 Å². The van der Waals surface area contributed by atoms with Crippen molar-refractivity contribution in [3.05, 3.63) is 83.1 Å². The van der Waals surface area contributed by atoms with Crippen LogP contribution in [0.2, 0.25) is 0 Å². The van der Waals surface area contributed by atoms with Gasteiger partial charge < -0.3 is 10.4 Å². The maximum Gasteiger partial charge on any atom is 0.251 e. The number of hydrogen-bond donors (Lipinski definition) is 2. The Balaban J connectivity index is 1.54. The molecule has 2 aromatic carbocycles. The van der Waals surface area contributed by atoms with Gasteiger partial charge in [-0.1, -0.05) is 24.8 Å². The van der Waals surface area contributed by atoms with Crippen LogP contribution in [0, 0.1) is 24.6 Å². The number of carbonyl (C=O) groups excluding carboxylic acids is 1. The lowest BCUT2D eigenvalue weighted by molar-refractivity contribution is 0.0717. The number of halogens is 1. The van der Waals surface area contributed by atoms with Gasteiger partial charge in [0.1, 0.15) is 11.5 Å².